The van der Waals surface area contributed by atoms with Crippen LogP contribution in [0.15, 0.2) is 24.7 Å². The summed E-state index contributed by atoms with van der Waals surface area (Å²) in [5, 5.41) is 4.05. The van der Waals surface area contributed by atoms with Crippen molar-refractivity contribution >= 4 is 0 Å². The predicted octanol–water partition coefficient (Wildman–Crippen LogP) is 3.58. The molecule has 2 aromatic rings. The highest BCUT2D eigenvalue weighted by molar-refractivity contribution is 5.42. The number of ether oxygens (including phenoxy) is 1. The molecule has 4 heteroatoms. The maximum absolute atomic E-state index is 5.22. The van der Waals surface area contributed by atoms with Gasteiger partial charge in [0.1, 0.15) is 11.4 Å². The molecule has 21 heavy (non-hydrogen) atoms. The molecule has 0 aromatic carbocycles. The Kier molecular flexibility index (Phi) is 9.36. The Balaban J connectivity index is 0.000000921. The zero-order valence-corrected chi connectivity index (χ0v) is 14.1. The zero-order chi connectivity index (χ0) is 16.3. The smallest absolute Gasteiger partial charge is 0.126 e. The van der Waals surface area contributed by atoms with Gasteiger partial charge in [0.2, 0.25) is 0 Å². The quantitative estimate of drug-likeness (QED) is 0.753. The van der Waals surface area contributed by atoms with Crippen LogP contribution in [0.3, 0.4) is 0 Å². The molecule has 0 amide bonds. The van der Waals surface area contributed by atoms with Crippen molar-refractivity contribution in [1.29, 1.82) is 0 Å². The van der Waals surface area contributed by atoms with Crippen molar-refractivity contribution in [3.63, 3.8) is 0 Å². The van der Waals surface area contributed by atoms with Gasteiger partial charge in [-0.05, 0) is 12.8 Å². The molecule has 0 aliphatic heterocycles. The Morgan fingerprint density at radius 2 is 1.76 bits per heavy atom. The molecule has 0 fully saturated rings. The van der Waals surface area contributed by atoms with Crippen molar-refractivity contribution in [2.45, 2.75) is 34.6 Å². The van der Waals surface area contributed by atoms with E-state index in [1.54, 1.807) is 24.2 Å². The van der Waals surface area contributed by atoms with Crippen LogP contribution in [0, 0.1) is 18.8 Å². The Bertz CT molecular complexity index is 592. The van der Waals surface area contributed by atoms with Gasteiger partial charge < -0.3 is 4.74 Å². The summed E-state index contributed by atoms with van der Waals surface area (Å²) in [5.74, 6) is 6.78. The topological polar surface area (TPSA) is 39.9 Å². The van der Waals surface area contributed by atoms with Crippen LogP contribution in [0.5, 0.6) is 5.75 Å². The van der Waals surface area contributed by atoms with E-state index < -0.39 is 0 Å². The van der Waals surface area contributed by atoms with Gasteiger partial charge in [-0.15, -0.1) is 0 Å². The van der Waals surface area contributed by atoms with Gasteiger partial charge in [0.25, 0.3) is 0 Å². The van der Waals surface area contributed by atoms with Gasteiger partial charge in [-0.25, -0.2) is 4.98 Å². The molecular formula is C17H25N3O. The van der Waals surface area contributed by atoms with Gasteiger partial charge >= 0.3 is 0 Å². The average Bonchev–Trinajstić information content (AvgIpc) is 2.96. The van der Waals surface area contributed by atoms with Crippen molar-refractivity contribution in [1.82, 2.24) is 14.8 Å². The van der Waals surface area contributed by atoms with Gasteiger partial charge in [0, 0.05) is 31.1 Å². The van der Waals surface area contributed by atoms with Gasteiger partial charge in [0.05, 0.1) is 18.9 Å². The van der Waals surface area contributed by atoms with E-state index in [9.17, 15) is 0 Å². The van der Waals surface area contributed by atoms with Crippen LogP contribution in [0.25, 0.3) is 0 Å². The van der Waals surface area contributed by atoms with Crippen molar-refractivity contribution in [3.8, 4) is 17.6 Å². The molecule has 2 rings (SSSR count). The van der Waals surface area contributed by atoms with Crippen LogP contribution in [-0.2, 0) is 7.05 Å². The molecule has 0 radical (unpaired) electrons. The number of pyridine rings is 1. The van der Waals surface area contributed by atoms with E-state index in [-0.39, 0.29) is 0 Å². The molecule has 0 saturated carbocycles. The second-order valence-electron chi connectivity index (χ2n) is 3.69. The maximum atomic E-state index is 5.22. The van der Waals surface area contributed by atoms with Crippen LogP contribution in [0.2, 0.25) is 0 Å². The second-order valence-corrected chi connectivity index (χ2v) is 3.69. The molecular weight excluding hydrogens is 262 g/mol. The van der Waals surface area contributed by atoms with Gasteiger partial charge in [-0.3, -0.25) is 4.68 Å². The van der Waals surface area contributed by atoms with Crippen LogP contribution in [0.1, 0.15) is 44.5 Å². The molecule has 0 aliphatic carbocycles. The molecule has 2 aromatic heterocycles. The first-order valence-corrected chi connectivity index (χ1v) is 7.20. The fourth-order valence-corrected chi connectivity index (χ4v) is 1.42. The number of rotatable bonds is 1. The molecule has 0 spiro atoms. The molecule has 0 N–H and O–H groups in total. The lowest BCUT2D eigenvalue weighted by Crippen LogP contribution is -1.90. The zero-order valence-electron chi connectivity index (χ0n) is 14.1. The lowest BCUT2D eigenvalue weighted by Gasteiger charge is -2.02. The lowest BCUT2D eigenvalue weighted by molar-refractivity contribution is 0.411. The van der Waals surface area contributed by atoms with E-state index in [2.05, 4.69) is 21.9 Å². The minimum atomic E-state index is 0.691. The number of hydrogen-bond acceptors (Lipinski definition) is 3. The first-order chi connectivity index (χ1) is 10.2. The number of methoxy groups -OCH3 is 1. The minimum Gasteiger partial charge on any atom is -0.496 e. The third-order valence-electron chi connectivity index (χ3n) is 2.31. The van der Waals surface area contributed by atoms with Crippen LogP contribution in [-0.4, -0.2) is 21.9 Å². The molecule has 0 atom stereocenters. The maximum Gasteiger partial charge on any atom is 0.126 e. The third kappa shape index (κ3) is 6.13. The van der Waals surface area contributed by atoms with Gasteiger partial charge in [0.15, 0.2) is 0 Å². The van der Waals surface area contributed by atoms with E-state index >= 15 is 0 Å². The number of hydrogen-bond donors (Lipinski definition) is 0. The normalized spacial score (nSPS) is 8.33. The molecule has 0 aliphatic rings. The molecule has 114 valence electrons. The molecule has 0 saturated heterocycles. The molecule has 4 nitrogen and oxygen atoms in total. The first kappa shape index (κ1) is 18.7. The van der Waals surface area contributed by atoms with E-state index in [4.69, 9.17) is 4.74 Å². The van der Waals surface area contributed by atoms with E-state index in [0.717, 1.165) is 16.9 Å². The predicted molar refractivity (Wildman–Crippen MR) is 87.4 cm³/mol. The third-order valence-corrected chi connectivity index (χ3v) is 2.31. The fourth-order valence-electron chi connectivity index (χ4n) is 1.42. The second kappa shape index (κ2) is 10.5. The number of aromatic nitrogens is 3. The van der Waals surface area contributed by atoms with Crippen LogP contribution >= 0.6 is 0 Å². The SMILES string of the molecule is CC.CC.COc1cc(C#Cc2cnn(C)c2)ncc1C. The lowest BCUT2D eigenvalue weighted by atomic mass is 10.2. The monoisotopic (exact) mass is 287 g/mol. The summed E-state index contributed by atoms with van der Waals surface area (Å²) in [4.78, 5) is 4.23. The standard InChI is InChI=1S/C13H13N3O.2C2H6/c1-10-7-14-12(6-13(10)17-3)5-4-11-8-15-16(2)9-11;2*1-2/h6-9H,1-3H3;2*1-2H3. The largest absolute Gasteiger partial charge is 0.496 e. The summed E-state index contributed by atoms with van der Waals surface area (Å²) < 4.78 is 6.93. The summed E-state index contributed by atoms with van der Waals surface area (Å²) in [6, 6.07) is 1.83. The summed E-state index contributed by atoms with van der Waals surface area (Å²) >= 11 is 0. The van der Waals surface area contributed by atoms with Gasteiger partial charge in [-0.1, -0.05) is 33.6 Å². The Labute approximate surface area is 128 Å². The van der Waals surface area contributed by atoms with Crippen molar-refractivity contribution in [2.75, 3.05) is 7.11 Å². The highest BCUT2D eigenvalue weighted by Crippen LogP contribution is 2.16. The minimum absolute atomic E-state index is 0.691. The van der Waals surface area contributed by atoms with Crippen molar-refractivity contribution in [2.24, 2.45) is 7.05 Å². The Morgan fingerprint density at radius 3 is 2.29 bits per heavy atom. The summed E-state index contributed by atoms with van der Waals surface area (Å²) in [5.41, 5.74) is 2.56. The van der Waals surface area contributed by atoms with Crippen molar-refractivity contribution < 1.29 is 4.74 Å². The average molecular weight is 287 g/mol. The van der Waals surface area contributed by atoms with Gasteiger partial charge in [-0.2, -0.15) is 5.10 Å². The number of aryl methyl sites for hydroxylation is 2. The summed E-state index contributed by atoms with van der Waals surface area (Å²) in [6.07, 6.45) is 5.34. The first-order valence-electron chi connectivity index (χ1n) is 7.20. The van der Waals surface area contributed by atoms with Crippen molar-refractivity contribution in [3.05, 3.63) is 41.5 Å². The Morgan fingerprint density at radius 1 is 1.10 bits per heavy atom. The fraction of sp³-hybridized carbons (Fsp3) is 0.412. The van der Waals surface area contributed by atoms with Crippen LogP contribution in [0.4, 0.5) is 0 Å². The van der Waals surface area contributed by atoms with E-state index in [0.29, 0.717) is 5.69 Å². The highest BCUT2D eigenvalue weighted by atomic mass is 16.5. The Hall–Kier alpha value is -2.28. The number of nitrogens with zero attached hydrogens (tertiary/aromatic N) is 3. The molecule has 0 bridgehead atoms. The van der Waals surface area contributed by atoms with E-state index in [1.165, 1.54) is 0 Å². The highest BCUT2D eigenvalue weighted by Gasteiger charge is 1.99. The summed E-state index contributed by atoms with van der Waals surface area (Å²) in [7, 11) is 3.50. The summed E-state index contributed by atoms with van der Waals surface area (Å²) in [6.45, 7) is 9.95. The van der Waals surface area contributed by atoms with Crippen LogP contribution < -0.4 is 4.74 Å². The molecule has 0 unspecified atom stereocenters. The van der Waals surface area contributed by atoms with E-state index in [1.807, 2.05) is 53.9 Å². The molecule has 2 heterocycles.